The van der Waals surface area contributed by atoms with Crippen molar-refractivity contribution in [1.29, 1.82) is 0 Å². The Hall–Kier alpha value is -4.95. The molecule has 3 heterocycles. The lowest BCUT2D eigenvalue weighted by Crippen LogP contribution is -2.36. The fourth-order valence-corrected chi connectivity index (χ4v) is 6.69. The Balaban J connectivity index is 1.26. The van der Waals surface area contributed by atoms with Crippen LogP contribution in [0.2, 0.25) is 0 Å². The summed E-state index contributed by atoms with van der Waals surface area (Å²) < 4.78 is 37.4. The molecule has 6 rings (SSSR count). The minimum atomic E-state index is -4.24. The van der Waals surface area contributed by atoms with Crippen LogP contribution in [0, 0.1) is 19.3 Å². The highest BCUT2D eigenvalue weighted by Crippen LogP contribution is 2.49. The molecule has 14 heteroatoms. The van der Waals surface area contributed by atoms with E-state index >= 15 is 0 Å². The minimum absolute atomic E-state index is 0.0734. The Morgan fingerprint density at radius 3 is 2.49 bits per heavy atom. The van der Waals surface area contributed by atoms with Gasteiger partial charge in [0.1, 0.15) is 12.1 Å². The average Bonchev–Trinajstić information content (AvgIpc) is 3.61. The van der Waals surface area contributed by atoms with Crippen LogP contribution in [0.5, 0.6) is 5.88 Å². The molecule has 1 unspecified atom stereocenters. The van der Waals surface area contributed by atoms with Crippen molar-refractivity contribution in [2.45, 2.75) is 77.4 Å². The Morgan fingerprint density at radius 2 is 1.80 bits per heavy atom. The fraction of sp³-hybridized carbons (Fsp3) is 0.371. The zero-order valence-corrected chi connectivity index (χ0v) is 29.0. The van der Waals surface area contributed by atoms with Gasteiger partial charge in [-0.2, -0.15) is 10.1 Å². The predicted molar refractivity (Wildman–Crippen MR) is 185 cm³/mol. The van der Waals surface area contributed by atoms with E-state index in [0.29, 0.717) is 17.9 Å². The topological polar surface area (TPSA) is 174 Å². The molecule has 3 N–H and O–H groups in total. The number of carboxylic acids is 1. The number of hydrogen-bond acceptors (Lipinski definition) is 10. The quantitative estimate of drug-likeness (QED) is 0.131. The molecule has 0 amide bonds. The summed E-state index contributed by atoms with van der Waals surface area (Å²) in [6.07, 6.45) is 6.76. The van der Waals surface area contributed by atoms with E-state index in [0.717, 1.165) is 53.2 Å². The smallest absolute Gasteiger partial charge is 0.335 e. The third kappa shape index (κ3) is 8.03. The van der Waals surface area contributed by atoms with Crippen molar-refractivity contribution in [2.24, 2.45) is 5.41 Å². The number of aromatic carboxylic acids is 1. The van der Waals surface area contributed by atoms with Gasteiger partial charge in [-0.3, -0.25) is 4.68 Å². The van der Waals surface area contributed by atoms with Gasteiger partial charge >= 0.3 is 5.97 Å². The Morgan fingerprint density at radius 1 is 1.06 bits per heavy atom. The molecule has 0 saturated heterocycles. The maximum Gasteiger partial charge on any atom is 0.335 e. The third-order valence-corrected chi connectivity index (χ3v) is 10.1. The molecule has 1 atom stereocenters. The van der Waals surface area contributed by atoms with Crippen molar-refractivity contribution in [1.82, 2.24) is 35.0 Å². The van der Waals surface area contributed by atoms with Crippen LogP contribution in [0.4, 0.5) is 5.95 Å². The predicted octanol–water partition coefficient (Wildman–Crippen LogP) is 5.71. The molecule has 0 aliphatic heterocycles. The van der Waals surface area contributed by atoms with Crippen LogP contribution in [0.1, 0.15) is 73.3 Å². The van der Waals surface area contributed by atoms with E-state index in [-0.39, 0.29) is 46.4 Å². The number of sulfonamides is 1. The first-order chi connectivity index (χ1) is 23.3. The van der Waals surface area contributed by atoms with Crippen molar-refractivity contribution in [3.05, 3.63) is 83.3 Å². The summed E-state index contributed by atoms with van der Waals surface area (Å²) in [6.45, 7) is 11.0. The standard InChI is InChI=1S/C35H40N8O5S/c1-21(2)43-19-29-32(41-43)38-26(18-37-29)17-36-25(16-35(5)12-13-35)20-48-30-15-28(31-22(3)8-6-9-23(31)4)39-34(40-30)42-49(46,47)27-11-7-10-24(14-27)33(44)45/h6-11,14-15,18-19,21,25,36H,12-13,16-17,20H2,1-5H3,(H,44,45)(H,39,40,42). The molecule has 0 spiro atoms. The van der Waals surface area contributed by atoms with Crippen LogP contribution >= 0.6 is 0 Å². The molecule has 3 aromatic heterocycles. The van der Waals surface area contributed by atoms with Crippen molar-refractivity contribution >= 4 is 33.1 Å². The van der Waals surface area contributed by atoms with Crippen molar-refractivity contribution in [3.8, 4) is 17.1 Å². The van der Waals surface area contributed by atoms with E-state index in [9.17, 15) is 18.3 Å². The molecule has 13 nitrogen and oxygen atoms in total. The maximum atomic E-state index is 13.4. The van der Waals surface area contributed by atoms with Crippen molar-refractivity contribution in [2.75, 3.05) is 11.3 Å². The molecule has 0 bridgehead atoms. The number of hydrogen-bond donors (Lipinski definition) is 3. The highest BCUT2D eigenvalue weighted by Gasteiger charge is 2.39. The SMILES string of the molecule is Cc1cccc(C)c1-c1cc(OCC(CC2(C)CC2)NCc2cnc3cn(C(C)C)nc3n2)nc(NS(=O)(=O)c2cccc(C(=O)O)c2)n1. The summed E-state index contributed by atoms with van der Waals surface area (Å²) in [7, 11) is -4.24. The molecule has 0 radical (unpaired) electrons. The van der Waals surface area contributed by atoms with Crippen LogP contribution in [0.25, 0.3) is 22.4 Å². The van der Waals surface area contributed by atoms with Crippen molar-refractivity contribution in [3.63, 3.8) is 0 Å². The lowest BCUT2D eigenvalue weighted by atomic mass is 9.99. The molecule has 49 heavy (non-hydrogen) atoms. The van der Waals surface area contributed by atoms with E-state index in [2.05, 4.69) is 50.9 Å². The summed E-state index contributed by atoms with van der Waals surface area (Å²) in [5.41, 5.74) is 5.36. The average molecular weight is 685 g/mol. The number of benzene rings is 2. The summed E-state index contributed by atoms with van der Waals surface area (Å²) >= 11 is 0. The van der Waals surface area contributed by atoms with Crippen LogP contribution in [0.3, 0.4) is 0 Å². The number of ether oxygens (including phenoxy) is 1. The lowest BCUT2D eigenvalue weighted by Gasteiger charge is -2.22. The van der Waals surface area contributed by atoms with Gasteiger partial charge in [-0.15, -0.1) is 0 Å². The Labute approximate surface area is 285 Å². The monoisotopic (exact) mass is 684 g/mol. The van der Waals surface area contributed by atoms with Gasteiger partial charge in [0.2, 0.25) is 11.8 Å². The largest absolute Gasteiger partial charge is 0.478 e. The number of nitrogens with one attached hydrogen (secondary N) is 2. The molecule has 1 fully saturated rings. The third-order valence-electron chi connectivity index (χ3n) is 8.73. The Kier molecular flexibility index (Phi) is 9.36. The fourth-order valence-electron chi connectivity index (χ4n) is 5.71. The zero-order valence-electron chi connectivity index (χ0n) is 28.1. The van der Waals surface area contributed by atoms with Gasteiger partial charge in [0.05, 0.1) is 34.2 Å². The summed E-state index contributed by atoms with van der Waals surface area (Å²) in [5.74, 6) is -1.24. The summed E-state index contributed by atoms with van der Waals surface area (Å²) in [5, 5.41) is 17.5. The molecule has 1 aliphatic carbocycles. The maximum absolute atomic E-state index is 13.4. The van der Waals surface area contributed by atoms with Gasteiger partial charge in [0, 0.05) is 30.3 Å². The van der Waals surface area contributed by atoms with Crippen LogP contribution in [-0.4, -0.2) is 61.9 Å². The molecule has 5 aromatic rings. The number of carboxylic acid groups (broad SMARTS) is 1. The highest BCUT2D eigenvalue weighted by molar-refractivity contribution is 7.92. The number of carbonyl (C=O) groups is 1. The van der Waals surface area contributed by atoms with E-state index in [1.54, 1.807) is 12.3 Å². The second-order valence-corrected chi connectivity index (χ2v) is 15.0. The summed E-state index contributed by atoms with van der Waals surface area (Å²) in [6, 6.07) is 12.8. The second-order valence-electron chi connectivity index (χ2n) is 13.3. The second kappa shape index (κ2) is 13.5. The van der Waals surface area contributed by atoms with Gasteiger partial charge in [-0.25, -0.2) is 32.9 Å². The van der Waals surface area contributed by atoms with Gasteiger partial charge in [0.25, 0.3) is 10.0 Å². The van der Waals surface area contributed by atoms with Crippen LogP contribution in [0.15, 0.2) is 65.8 Å². The van der Waals surface area contributed by atoms with Crippen molar-refractivity contribution < 1.29 is 23.1 Å². The first-order valence-corrected chi connectivity index (χ1v) is 17.7. The number of aromatic nitrogens is 6. The van der Waals surface area contributed by atoms with E-state index < -0.39 is 16.0 Å². The lowest BCUT2D eigenvalue weighted by molar-refractivity contribution is 0.0696. The van der Waals surface area contributed by atoms with Crippen LogP contribution in [-0.2, 0) is 16.6 Å². The number of rotatable bonds is 14. The number of aryl methyl sites for hydroxylation is 2. The zero-order chi connectivity index (χ0) is 34.9. The molecule has 2 aromatic carbocycles. The number of nitrogens with zero attached hydrogens (tertiary/aromatic N) is 6. The van der Waals surface area contributed by atoms with E-state index in [1.807, 2.05) is 42.9 Å². The van der Waals surface area contributed by atoms with Gasteiger partial charge in [-0.05, 0) is 81.7 Å². The normalized spacial score (nSPS) is 14.6. The number of fused-ring (bicyclic) bond motifs is 1. The molecule has 256 valence electrons. The first-order valence-electron chi connectivity index (χ1n) is 16.2. The highest BCUT2D eigenvalue weighted by atomic mass is 32.2. The van der Waals surface area contributed by atoms with E-state index in [4.69, 9.17) is 9.72 Å². The summed E-state index contributed by atoms with van der Waals surface area (Å²) in [4.78, 5) is 29.5. The first kappa shape index (κ1) is 33.9. The molecular formula is C35H40N8O5S. The van der Waals surface area contributed by atoms with Gasteiger partial charge in [0.15, 0.2) is 5.65 Å². The minimum Gasteiger partial charge on any atom is -0.478 e. The molecular weight excluding hydrogens is 645 g/mol. The number of anilines is 1. The van der Waals surface area contributed by atoms with Crippen LogP contribution < -0.4 is 14.8 Å². The molecule has 1 aliphatic rings. The van der Waals surface area contributed by atoms with Gasteiger partial charge < -0.3 is 15.2 Å². The Bertz CT molecular complexity index is 2110. The molecule has 1 saturated carbocycles. The van der Waals surface area contributed by atoms with Gasteiger partial charge in [-0.1, -0.05) is 31.2 Å². The van der Waals surface area contributed by atoms with E-state index in [1.165, 1.54) is 18.2 Å².